The summed E-state index contributed by atoms with van der Waals surface area (Å²) in [6.45, 7) is 11.5. The average molecular weight is 320 g/mol. The highest BCUT2D eigenvalue weighted by Crippen LogP contribution is 2.20. The highest BCUT2D eigenvalue weighted by atomic mass is 16.6. The average Bonchev–Trinajstić information content (AvgIpc) is 2.46. The number of hydrogen-bond acceptors (Lipinski definition) is 4. The predicted molar refractivity (Wildman–Crippen MR) is 90.6 cm³/mol. The van der Waals surface area contributed by atoms with Crippen molar-refractivity contribution in [2.45, 2.75) is 72.0 Å². The molecule has 0 unspecified atom stereocenters. The third-order valence-electron chi connectivity index (χ3n) is 3.80. The quantitative estimate of drug-likeness (QED) is 0.679. The van der Waals surface area contributed by atoms with Crippen LogP contribution in [0.4, 0.5) is 0 Å². The maximum absolute atomic E-state index is 12.2. The van der Waals surface area contributed by atoms with Crippen LogP contribution in [0.25, 0.3) is 0 Å². The van der Waals surface area contributed by atoms with Crippen molar-refractivity contribution in [1.29, 1.82) is 0 Å². The van der Waals surface area contributed by atoms with E-state index in [1.54, 1.807) is 24.3 Å². The standard InChI is InChI=1S/C19H28O4/c1-7-13-19(5,6)23-17(21)15-11-9-14(10-12-15)16(20)22-18(3,4)8-2/h9-12H,7-8,13H2,1-6H3. The maximum Gasteiger partial charge on any atom is 0.338 e. The van der Waals surface area contributed by atoms with Gasteiger partial charge in [0.05, 0.1) is 11.1 Å². The molecule has 0 spiro atoms. The van der Waals surface area contributed by atoms with Gasteiger partial charge in [-0.1, -0.05) is 20.3 Å². The summed E-state index contributed by atoms with van der Waals surface area (Å²) in [5, 5.41) is 0. The second kappa shape index (κ2) is 7.62. The minimum absolute atomic E-state index is 0.378. The summed E-state index contributed by atoms with van der Waals surface area (Å²) in [7, 11) is 0. The van der Waals surface area contributed by atoms with Crippen LogP contribution in [0.15, 0.2) is 24.3 Å². The number of esters is 2. The van der Waals surface area contributed by atoms with Gasteiger partial charge in [-0.2, -0.15) is 0 Å². The number of carbonyl (C=O) groups excluding carboxylic acids is 2. The van der Waals surface area contributed by atoms with Crippen molar-refractivity contribution in [3.8, 4) is 0 Å². The molecule has 0 saturated heterocycles. The first-order valence-electron chi connectivity index (χ1n) is 8.17. The minimum Gasteiger partial charge on any atom is -0.456 e. The molecule has 0 atom stereocenters. The van der Waals surface area contributed by atoms with Crippen molar-refractivity contribution in [3.05, 3.63) is 35.4 Å². The van der Waals surface area contributed by atoms with Crippen LogP contribution >= 0.6 is 0 Å². The molecule has 0 aromatic heterocycles. The van der Waals surface area contributed by atoms with Gasteiger partial charge in [0.2, 0.25) is 0 Å². The van der Waals surface area contributed by atoms with Crippen molar-refractivity contribution in [3.63, 3.8) is 0 Å². The number of ether oxygens (including phenoxy) is 2. The number of benzene rings is 1. The lowest BCUT2D eigenvalue weighted by Gasteiger charge is -2.24. The Morgan fingerprint density at radius 1 is 0.826 bits per heavy atom. The highest BCUT2D eigenvalue weighted by Gasteiger charge is 2.24. The van der Waals surface area contributed by atoms with E-state index in [-0.39, 0.29) is 11.9 Å². The van der Waals surface area contributed by atoms with Gasteiger partial charge in [-0.25, -0.2) is 9.59 Å². The SMILES string of the molecule is CCCC(C)(C)OC(=O)c1ccc(C(=O)OC(C)(C)CC)cc1. The van der Waals surface area contributed by atoms with Crippen molar-refractivity contribution in [2.75, 3.05) is 0 Å². The van der Waals surface area contributed by atoms with Gasteiger partial charge in [-0.05, 0) is 64.8 Å². The lowest BCUT2D eigenvalue weighted by molar-refractivity contribution is -0.00557. The first kappa shape index (κ1) is 19.2. The Morgan fingerprint density at radius 2 is 1.22 bits per heavy atom. The molecular weight excluding hydrogens is 292 g/mol. The maximum atomic E-state index is 12.2. The van der Waals surface area contributed by atoms with Crippen LogP contribution in [0.3, 0.4) is 0 Å². The summed E-state index contributed by atoms with van der Waals surface area (Å²) in [6, 6.07) is 6.38. The predicted octanol–water partition coefficient (Wildman–Crippen LogP) is 4.77. The van der Waals surface area contributed by atoms with E-state index in [9.17, 15) is 9.59 Å². The molecule has 1 aromatic rings. The lowest BCUT2D eigenvalue weighted by Crippen LogP contribution is -2.28. The van der Waals surface area contributed by atoms with Crippen LogP contribution in [0.1, 0.15) is 81.5 Å². The molecular formula is C19H28O4. The molecule has 128 valence electrons. The molecule has 4 heteroatoms. The zero-order chi connectivity index (χ0) is 17.7. The smallest absolute Gasteiger partial charge is 0.338 e. The van der Waals surface area contributed by atoms with Crippen LogP contribution in [0.5, 0.6) is 0 Å². The molecule has 0 aliphatic rings. The Hall–Kier alpha value is -1.84. The van der Waals surface area contributed by atoms with Crippen LogP contribution in [0, 0.1) is 0 Å². The topological polar surface area (TPSA) is 52.6 Å². The molecule has 0 saturated carbocycles. The van der Waals surface area contributed by atoms with Crippen molar-refractivity contribution < 1.29 is 19.1 Å². The van der Waals surface area contributed by atoms with Crippen molar-refractivity contribution in [1.82, 2.24) is 0 Å². The summed E-state index contributed by atoms with van der Waals surface area (Å²) in [6.07, 6.45) is 2.48. The molecule has 0 N–H and O–H groups in total. The molecule has 1 rings (SSSR count). The molecule has 0 aliphatic heterocycles. The van der Waals surface area contributed by atoms with Gasteiger partial charge in [0.1, 0.15) is 11.2 Å². The Kier molecular flexibility index (Phi) is 6.37. The summed E-state index contributed by atoms with van der Waals surface area (Å²) in [4.78, 5) is 24.2. The summed E-state index contributed by atoms with van der Waals surface area (Å²) >= 11 is 0. The van der Waals surface area contributed by atoms with E-state index in [1.807, 2.05) is 41.5 Å². The number of hydrogen-bond donors (Lipinski definition) is 0. The Balaban J connectivity index is 2.76. The normalized spacial score (nSPS) is 11.9. The van der Waals surface area contributed by atoms with Crippen LogP contribution < -0.4 is 0 Å². The van der Waals surface area contributed by atoms with Crippen LogP contribution in [-0.2, 0) is 9.47 Å². The molecule has 0 fully saturated rings. The molecule has 23 heavy (non-hydrogen) atoms. The van der Waals surface area contributed by atoms with Gasteiger partial charge in [-0.15, -0.1) is 0 Å². The van der Waals surface area contributed by atoms with Gasteiger partial charge < -0.3 is 9.47 Å². The number of carbonyl (C=O) groups is 2. The third kappa shape index (κ3) is 6.05. The van der Waals surface area contributed by atoms with E-state index < -0.39 is 11.2 Å². The van der Waals surface area contributed by atoms with E-state index in [2.05, 4.69) is 0 Å². The largest absolute Gasteiger partial charge is 0.456 e. The molecule has 4 nitrogen and oxygen atoms in total. The zero-order valence-electron chi connectivity index (χ0n) is 15.1. The Labute approximate surface area is 139 Å². The fraction of sp³-hybridized carbons (Fsp3) is 0.579. The fourth-order valence-electron chi connectivity index (χ4n) is 2.09. The molecule has 0 aliphatic carbocycles. The lowest BCUT2D eigenvalue weighted by atomic mass is 10.0. The molecule has 0 heterocycles. The van der Waals surface area contributed by atoms with Gasteiger partial charge in [0.15, 0.2) is 0 Å². The molecule has 0 amide bonds. The monoisotopic (exact) mass is 320 g/mol. The van der Waals surface area contributed by atoms with Gasteiger partial charge in [-0.3, -0.25) is 0 Å². The Morgan fingerprint density at radius 3 is 1.57 bits per heavy atom. The fourth-order valence-corrected chi connectivity index (χ4v) is 2.09. The van der Waals surface area contributed by atoms with Crippen molar-refractivity contribution in [2.24, 2.45) is 0 Å². The first-order chi connectivity index (χ1) is 10.6. The van der Waals surface area contributed by atoms with Crippen LogP contribution in [0.2, 0.25) is 0 Å². The molecule has 1 aromatic carbocycles. The first-order valence-corrected chi connectivity index (χ1v) is 8.17. The second-order valence-electron chi connectivity index (χ2n) is 6.98. The summed E-state index contributed by atoms with van der Waals surface area (Å²) < 4.78 is 10.9. The highest BCUT2D eigenvalue weighted by molar-refractivity contribution is 5.93. The minimum atomic E-state index is -0.501. The number of rotatable bonds is 7. The van der Waals surface area contributed by atoms with E-state index in [0.29, 0.717) is 11.1 Å². The summed E-state index contributed by atoms with van der Waals surface area (Å²) in [5.41, 5.74) is -0.135. The van der Waals surface area contributed by atoms with Crippen molar-refractivity contribution >= 4 is 11.9 Å². The molecule has 0 bridgehead atoms. The van der Waals surface area contributed by atoms with Crippen LogP contribution in [-0.4, -0.2) is 23.1 Å². The Bertz CT molecular complexity index is 541. The third-order valence-corrected chi connectivity index (χ3v) is 3.80. The van der Waals surface area contributed by atoms with E-state index in [0.717, 1.165) is 19.3 Å². The second-order valence-corrected chi connectivity index (χ2v) is 6.98. The van der Waals surface area contributed by atoms with Gasteiger partial charge in [0.25, 0.3) is 0 Å². The van der Waals surface area contributed by atoms with E-state index >= 15 is 0 Å². The summed E-state index contributed by atoms with van der Waals surface area (Å²) in [5.74, 6) is -0.764. The van der Waals surface area contributed by atoms with E-state index in [1.165, 1.54) is 0 Å². The van der Waals surface area contributed by atoms with E-state index in [4.69, 9.17) is 9.47 Å². The zero-order valence-corrected chi connectivity index (χ0v) is 15.1. The van der Waals surface area contributed by atoms with Gasteiger partial charge in [0, 0.05) is 0 Å². The molecule has 0 radical (unpaired) electrons. The van der Waals surface area contributed by atoms with Gasteiger partial charge >= 0.3 is 11.9 Å².